The van der Waals surface area contributed by atoms with Crippen LogP contribution >= 0.6 is 0 Å². The van der Waals surface area contributed by atoms with Crippen molar-refractivity contribution in [3.05, 3.63) is 58.6 Å². The molecule has 2 heterocycles. The maximum atomic E-state index is 13.4. The van der Waals surface area contributed by atoms with Crippen LogP contribution in [0.4, 0.5) is 0 Å². The van der Waals surface area contributed by atoms with Gasteiger partial charge in [-0.3, -0.25) is 4.79 Å². The summed E-state index contributed by atoms with van der Waals surface area (Å²) in [5, 5.41) is 4.37. The number of para-hydroxylation sites is 1. The van der Waals surface area contributed by atoms with Crippen molar-refractivity contribution in [1.82, 2.24) is 10.3 Å². The Hall–Kier alpha value is -2.90. The minimum Gasteiger partial charge on any atom is -0.463 e. The smallest absolute Gasteiger partial charge is 0.336 e. The molecule has 0 spiro atoms. The van der Waals surface area contributed by atoms with E-state index in [1.165, 1.54) is 0 Å². The average Bonchev–Trinajstić information content (AvgIpc) is 3.16. The Morgan fingerprint density at radius 3 is 2.78 bits per heavy atom. The molecule has 0 radical (unpaired) electrons. The van der Waals surface area contributed by atoms with Gasteiger partial charge in [0.1, 0.15) is 0 Å². The first-order chi connectivity index (χ1) is 15.4. The summed E-state index contributed by atoms with van der Waals surface area (Å²) in [5.74, 6) is -0.907. The minimum absolute atomic E-state index is 0.0581. The Bertz CT molecular complexity index is 1110. The summed E-state index contributed by atoms with van der Waals surface area (Å²) in [4.78, 5) is 30.0. The van der Waals surface area contributed by atoms with E-state index in [-0.39, 0.29) is 24.4 Å². The zero-order valence-corrected chi connectivity index (χ0v) is 18.9. The number of rotatable bonds is 7. The number of hydrogen-bond donors (Lipinski definition) is 3. The van der Waals surface area contributed by atoms with E-state index in [0.717, 1.165) is 22.2 Å². The topological polar surface area (TPSA) is 106 Å². The van der Waals surface area contributed by atoms with E-state index in [9.17, 15) is 9.59 Å². The average molecular weight is 438 g/mol. The molecule has 1 aliphatic carbocycles. The summed E-state index contributed by atoms with van der Waals surface area (Å²) < 4.78 is 11.2. The zero-order chi connectivity index (χ0) is 22.9. The molecule has 7 heteroatoms. The molecule has 1 aromatic heterocycles. The van der Waals surface area contributed by atoms with Gasteiger partial charge in [-0.1, -0.05) is 32.0 Å². The van der Waals surface area contributed by atoms with Gasteiger partial charge in [0.05, 0.1) is 37.0 Å². The molecule has 0 saturated heterocycles. The molecule has 2 aromatic rings. The van der Waals surface area contributed by atoms with E-state index in [1.807, 2.05) is 30.5 Å². The number of hydrogen-bond acceptors (Lipinski definition) is 6. The number of H-pyrrole nitrogens is 1. The van der Waals surface area contributed by atoms with Crippen LogP contribution in [0.15, 0.2) is 53.0 Å². The normalized spacial score (nSPS) is 20.4. The number of benzene rings is 1. The number of carbonyl (C=O) groups is 2. The summed E-state index contributed by atoms with van der Waals surface area (Å²) >= 11 is 0. The molecule has 1 aromatic carbocycles. The van der Waals surface area contributed by atoms with Crippen molar-refractivity contribution >= 4 is 22.7 Å². The van der Waals surface area contributed by atoms with Gasteiger partial charge >= 0.3 is 5.97 Å². The van der Waals surface area contributed by atoms with Gasteiger partial charge in [-0.25, -0.2) is 4.79 Å². The van der Waals surface area contributed by atoms with Crippen LogP contribution in [0.5, 0.6) is 0 Å². The molecule has 0 fully saturated rings. The van der Waals surface area contributed by atoms with E-state index in [2.05, 4.69) is 24.1 Å². The number of carbonyl (C=O) groups excluding carboxylic acids is 2. The Balaban J connectivity index is 1.92. The molecule has 0 bridgehead atoms. The van der Waals surface area contributed by atoms with E-state index in [1.54, 1.807) is 6.92 Å². The van der Waals surface area contributed by atoms with E-state index < -0.39 is 11.9 Å². The van der Waals surface area contributed by atoms with Gasteiger partial charge in [-0.15, -0.1) is 0 Å². The lowest BCUT2D eigenvalue weighted by Crippen LogP contribution is -2.40. The molecule has 170 valence electrons. The van der Waals surface area contributed by atoms with Crippen LogP contribution < -0.4 is 11.1 Å². The number of esters is 1. The lowest BCUT2D eigenvalue weighted by atomic mass is 9.68. The number of ether oxygens (including phenoxy) is 2. The molecule has 4 N–H and O–H groups in total. The second-order valence-corrected chi connectivity index (χ2v) is 9.13. The van der Waals surface area contributed by atoms with Gasteiger partial charge in [0.25, 0.3) is 0 Å². The quantitative estimate of drug-likeness (QED) is 0.453. The van der Waals surface area contributed by atoms with Crippen molar-refractivity contribution in [3.63, 3.8) is 0 Å². The number of dihydropyridines is 1. The number of allylic oxidation sites excluding steroid dienone is 2. The van der Waals surface area contributed by atoms with Gasteiger partial charge in [-0.05, 0) is 30.4 Å². The third-order valence-electron chi connectivity index (χ3n) is 6.06. The van der Waals surface area contributed by atoms with E-state index in [0.29, 0.717) is 42.8 Å². The van der Waals surface area contributed by atoms with E-state index >= 15 is 0 Å². The van der Waals surface area contributed by atoms with Crippen molar-refractivity contribution in [2.75, 3.05) is 26.4 Å². The molecule has 1 aliphatic heterocycles. The molecule has 1 unspecified atom stereocenters. The van der Waals surface area contributed by atoms with Gasteiger partial charge in [0.2, 0.25) is 0 Å². The first-order valence-electron chi connectivity index (χ1n) is 11.1. The summed E-state index contributed by atoms with van der Waals surface area (Å²) in [6, 6.07) is 7.91. The Kier molecular flexibility index (Phi) is 6.22. The molecular weight excluding hydrogens is 406 g/mol. The fraction of sp³-hybridized carbons (Fsp3) is 0.440. The second-order valence-electron chi connectivity index (χ2n) is 9.13. The third-order valence-corrected chi connectivity index (χ3v) is 6.06. The highest BCUT2D eigenvalue weighted by Crippen LogP contribution is 2.48. The van der Waals surface area contributed by atoms with Gasteiger partial charge in [0.15, 0.2) is 5.78 Å². The molecule has 32 heavy (non-hydrogen) atoms. The number of aromatic amines is 1. The molecule has 4 rings (SSSR count). The van der Waals surface area contributed by atoms with Gasteiger partial charge in [-0.2, -0.15) is 0 Å². The third kappa shape index (κ3) is 4.10. The monoisotopic (exact) mass is 437 g/mol. The van der Waals surface area contributed by atoms with Crippen LogP contribution in [0.3, 0.4) is 0 Å². The van der Waals surface area contributed by atoms with E-state index in [4.69, 9.17) is 15.2 Å². The highest BCUT2D eigenvalue weighted by molar-refractivity contribution is 6.05. The maximum absolute atomic E-state index is 13.4. The summed E-state index contributed by atoms with van der Waals surface area (Å²) in [5.41, 5.74) is 9.86. The zero-order valence-electron chi connectivity index (χ0n) is 18.9. The fourth-order valence-electron chi connectivity index (χ4n) is 4.81. The highest BCUT2D eigenvalue weighted by atomic mass is 16.5. The number of Topliss-reactive ketones (excluding diaryl/α,β-unsaturated/α-hetero) is 1. The Labute approximate surface area is 188 Å². The van der Waals surface area contributed by atoms with Gasteiger partial charge in [0, 0.05) is 41.3 Å². The predicted molar refractivity (Wildman–Crippen MR) is 123 cm³/mol. The van der Waals surface area contributed by atoms with Crippen molar-refractivity contribution in [1.29, 1.82) is 0 Å². The van der Waals surface area contributed by atoms with Crippen LogP contribution in [-0.2, 0) is 19.1 Å². The number of fused-ring (bicyclic) bond motifs is 1. The first kappa shape index (κ1) is 22.3. The lowest BCUT2D eigenvalue weighted by molar-refractivity contribution is -0.139. The Morgan fingerprint density at radius 2 is 2.03 bits per heavy atom. The van der Waals surface area contributed by atoms with Crippen LogP contribution in [0.25, 0.3) is 10.9 Å². The molecule has 0 amide bonds. The summed E-state index contributed by atoms with van der Waals surface area (Å²) in [7, 11) is 0. The molecule has 2 aliphatic rings. The number of ketones is 1. The van der Waals surface area contributed by atoms with Crippen molar-refractivity contribution < 1.29 is 19.1 Å². The summed E-state index contributed by atoms with van der Waals surface area (Å²) in [6.07, 6.45) is 3.04. The maximum Gasteiger partial charge on any atom is 0.336 e. The molecule has 0 saturated carbocycles. The van der Waals surface area contributed by atoms with Crippen LogP contribution in [0.1, 0.15) is 45.1 Å². The van der Waals surface area contributed by atoms with Crippen molar-refractivity contribution in [3.8, 4) is 0 Å². The lowest BCUT2D eigenvalue weighted by Gasteiger charge is -2.39. The minimum atomic E-state index is -0.526. The fourth-order valence-corrected chi connectivity index (χ4v) is 4.81. The molecular formula is C25H31N3O4. The largest absolute Gasteiger partial charge is 0.463 e. The van der Waals surface area contributed by atoms with Crippen molar-refractivity contribution in [2.24, 2.45) is 11.1 Å². The van der Waals surface area contributed by atoms with Crippen LogP contribution in [-0.4, -0.2) is 43.1 Å². The summed E-state index contributed by atoms with van der Waals surface area (Å²) in [6.45, 7) is 7.14. The number of nitrogens with two attached hydrogens (primary N) is 1. The molecule has 1 atom stereocenters. The molecule has 7 nitrogen and oxygen atoms in total. The van der Waals surface area contributed by atoms with Crippen molar-refractivity contribution in [2.45, 2.75) is 39.5 Å². The standard InChI is InChI=1S/C25H31N3O4/c1-4-32-24(30)23-19(14-31-10-9-26)28-18-11-25(2,3)12-20(29)22(18)21(23)16-13-27-17-8-6-5-7-15(16)17/h5-8,13,21,27-28H,4,9-12,14,26H2,1-3H3. The number of nitrogens with one attached hydrogen (secondary N) is 2. The van der Waals surface area contributed by atoms with Gasteiger partial charge < -0.3 is 25.5 Å². The number of aromatic nitrogens is 1. The Morgan fingerprint density at radius 1 is 1.25 bits per heavy atom. The predicted octanol–water partition coefficient (Wildman–Crippen LogP) is 3.29. The van der Waals surface area contributed by atoms with Crippen LogP contribution in [0, 0.1) is 5.41 Å². The van der Waals surface area contributed by atoms with Crippen LogP contribution in [0.2, 0.25) is 0 Å². The first-order valence-corrected chi connectivity index (χ1v) is 11.1. The highest BCUT2D eigenvalue weighted by Gasteiger charge is 2.44. The SMILES string of the molecule is CCOC(=O)C1=C(COCCN)NC2=C(C(=O)CC(C)(C)C2)C1c1c[nH]c2ccccc12. The second kappa shape index (κ2) is 8.92.